The number of nitrogens with zero attached hydrogens (tertiary/aromatic N) is 2. The molecule has 4 nitrogen and oxygen atoms in total. The summed E-state index contributed by atoms with van der Waals surface area (Å²) < 4.78 is 6.79. The van der Waals surface area contributed by atoms with Gasteiger partial charge in [0.15, 0.2) is 0 Å². The topological polar surface area (TPSA) is 42.4 Å². The zero-order chi connectivity index (χ0) is 16.8. The van der Waals surface area contributed by atoms with Crippen LogP contribution >= 0.6 is 15.9 Å². The SMILES string of the molecule is O=C(/C=C/c1ccccc1)N1CCC(Oc2ncccc2Br)CC1. The fraction of sp³-hybridized carbons (Fsp3) is 0.263. The number of likely N-dealkylation sites (tertiary alicyclic amines) is 1. The summed E-state index contributed by atoms with van der Waals surface area (Å²) in [5.74, 6) is 0.669. The van der Waals surface area contributed by atoms with Crippen LogP contribution in [0.3, 0.4) is 0 Å². The molecule has 0 atom stereocenters. The summed E-state index contributed by atoms with van der Waals surface area (Å²) in [7, 11) is 0. The molecule has 3 rings (SSSR count). The highest BCUT2D eigenvalue weighted by Gasteiger charge is 2.23. The van der Waals surface area contributed by atoms with Crippen molar-refractivity contribution in [3.8, 4) is 5.88 Å². The molecule has 2 heterocycles. The van der Waals surface area contributed by atoms with Crippen molar-refractivity contribution in [1.82, 2.24) is 9.88 Å². The first-order chi connectivity index (χ1) is 11.7. The third-order valence-electron chi connectivity index (χ3n) is 3.97. The molecule has 2 aromatic rings. The van der Waals surface area contributed by atoms with Gasteiger partial charge < -0.3 is 9.64 Å². The Kier molecular flexibility index (Phi) is 5.64. The second-order valence-corrected chi connectivity index (χ2v) is 6.53. The first kappa shape index (κ1) is 16.7. The summed E-state index contributed by atoms with van der Waals surface area (Å²) in [6.45, 7) is 1.40. The minimum Gasteiger partial charge on any atom is -0.473 e. The lowest BCUT2D eigenvalue weighted by Crippen LogP contribution is -2.41. The minimum absolute atomic E-state index is 0.0521. The normalized spacial score (nSPS) is 15.6. The Morgan fingerprint density at radius 2 is 1.92 bits per heavy atom. The number of carbonyl (C=O) groups excluding carboxylic acids is 1. The molecule has 0 unspecified atom stereocenters. The lowest BCUT2D eigenvalue weighted by molar-refractivity contribution is -0.127. The van der Waals surface area contributed by atoms with Crippen LogP contribution in [-0.2, 0) is 4.79 Å². The molecule has 1 fully saturated rings. The number of rotatable bonds is 4. The standard InChI is InChI=1S/C19H19BrN2O2/c20-17-7-4-12-21-19(17)24-16-10-13-22(14-11-16)18(23)9-8-15-5-2-1-3-6-15/h1-9,12,16H,10-11,13-14H2/b9-8+. The summed E-state index contributed by atoms with van der Waals surface area (Å²) in [4.78, 5) is 18.4. The van der Waals surface area contributed by atoms with E-state index >= 15 is 0 Å². The van der Waals surface area contributed by atoms with E-state index in [1.54, 1.807) is 12.3 Å². The number of benzene rings is 1. The van der Waals surface area contributed by atoms with Gasteiger partial charge in [-0.15, -0.1) is 0 Å². The van der Waals surface area contributed by atoms with Gasteiger partial charge in [0.05, 0.1) is 4.47 Å². The molecule has 0 bridgehead atoms. The fourth-order valence-electron chi connectivity index (χ4n) is 2.65. The van der Waals surface area contributed by atoms with Crippen LogP contribution in [0.15, 0.2) is 59.2 Å². The average Bonchev–Trinajstić information content (AvgIpc) is 2.63. The fourth-order valence-corrected chi connectivity index (χ4v) is 3.00. The summed E-state index contributed by atoms with van der Waals surface area (Å²) in [5, 5.41) is 0. The first-order valence-electron chi connectivity index (χ1n) is 8.01. The van der Waals surface area contributed by atoms with Crippen LogP contribution in [0.2, 0.25) is 0 Å². The molecular weight excluding hydrogens is 368 g/mol. The van der Waals surface area contributed by atoms with Gasteiger partial charge in [0.25, 0.3) is 0 Å². The number of ether oxygens (including phenoxy) is 1. The van der Waals surface area contributed by atoms with E-state index in [1.807, 2.05) is 53.4 Å². The van der Waals surface area contributed by atoms with Gasteiger partial charge in [-0.1, -0.05) is 30.3 Å². The van der Waals surface area contributed by atoms with Crippen molar-refractivity contribution in [3.63, 3.8) is 0 Å². The largest absolute Gasteiger partial charge is 0.473 e. The highest BCUT2D eigenvalue weighted by molar-refractivity contribution is 9.10. The maximum Gasteiger partial charge on any atom is 0.246 e. The molecule has 24 heavy (non-hydrogen) atoms. The third kappa shape index (κ3) is 4.45. The molecule has 1 aliphatic rings. The maximum absolute atomic E-state index is 12.3. The molecule has 0 spiro atoms. The molecule has 0 saturated carbocycles. The number of hydrogen-bond donors (Lipinski definition) is 0. The van der Waals surface area contributed by atoms with Gasteiger partial charge in [-0.25, -0.2) is 4.98 Å². The van der Waals surface area contributed by atoms with Gasteiger partial charge in [-0.3, -0.25) is 4.79 Å². The molecule has 124 valence electrons. The van der Waals surface area contributed by atoms with Crippen LogP contribution in [0, 0.1) is 0 Å². The number of carbonyl (C=O) groups is 1. The van der Waals surface area contributed by atoms with E-state index in [0.717, 1.165) is 22.9 Å². The molecule has 1 aromatic carbocycles. The summed E-state index contributed by atoms with van der Waals surface area (Å²) in [6.07, 6.45) is 6.94. The molecule has 0 aliphatic carbocycles. The molecule has 1 saturated heterocycles. The number of pyridine rings is 1. The van der Waals surface area contributed by atoms with Crippen molar-refractivity contribution in [2.75, 3.05) is 13.1 Å². The molecule has 1 amide bonds. The molecule has 1 aromatic heterocycles. The Hall–Kier alpha value is -2.14. The van der Waals surface area contributed by atoms with Crippen molar-refractivity contribution in [1.29, 1.82) is 0 Å². The van der Waals surface area contributed by atoms with E-state index in [0.29, 0.717) is 19.0 Å². The maximum atomic E-state index is 12.3. The first-order valence-corrected chi connectivity index (χ1v) is 8.81. The number of aromatic nitrogens is 1. The Bertz CT molecular complexity index is 710. The smallest absolute Gasteiger partial charge is 0.246 e. The molecular formula is C19H19BrN2O2. The number of piperidine rings is 1. The molecule has 5 heteroatoms. The molecule has 0 radical (unpaired) electrons. The van der Waals surface area contributed by atoms with E-state index in [-0.39, 0.29) is 12.0 Å². The van der Waals surface area contributed by atoms with Gasteiger partial charge in [0.2, 0.25) is 11.8 Å². The quantitative estimate of drug-likeness (QED) is 0.747. The van der Waals surface area contributed by atoms with Crippen molar-refractivity contribution in [2.24, 2.45) is 0 Å². The summed E-state index contributed by atoms with van der Waals surface area (Å²) in [6, 6.07) is 13.6. The Morgan fingerprint density at radius 1 is 1.17 bits per heavy atom. The van der Waals surface area contributed by atoms with Crippen LogP contribution in [0.5, 0.6) is 5.88 Å². The van der Waals surface area contributed by atoms with Crippen LogP contribution in [0.25, 0.3) is 6.08 Å². The van der Waals surface area contributed by atoms with Crippen LogP contribution < -0.4 is 4.74 Å². The van der Waals surface area contributed by atoms with Crippen molar-refractivity contribution < 1.29 is 9.53 Å². The lowest BCUT2D eigenvalue weighted by Gasteiger charge is -2.31. The third-order valence-corrected chi connectivity index (χ3v) is 4.58. The summed E-state index contributed by atoms with van der Waals surface area (Å²) in [5.41, 5.74) is 1.03. The highest BCUT2D eigenvalue weighted by Crippen LogP contribution is 2.24. The van der Waals surface area contributed by atoms with E-state index in [4.69, 9.17) is 4.74 Å². The number of halogens is 1. The number of hydrogen-bond acceptors (Lipinski definition) is 3. The van der Waals surface area contributed by atoms with Crippen LogP contribution in [0.4, 0.5) is 0 Å². The van der Waals surface area contributed by atoms with Crippen LogP contribution in [0.1, 0.15) is 18.4 Å². The Balaban J connectivity index is 1.50. The zero-order valence-corrected chi connectivity index (χ0v) is 14.9. The number of amides is 1. The second-order valence-electron chi connectivity index (χ2n) is 5.68. The average molecular weight is 387 g/mol. The van der Waals surface area contributed by atoms with E-state index < -0.39 is 0 Å². The lowest BCUT2D eigenvalue weighted by atomic mass is 10.1. The van der Waals surface area contributed by atoms with Gasteiger partial charge in [-0.05, 0) is 39.7 Å². The van der Waals surface area contributed by atoms with E-state index in [2.05, 4.69) is 20.9 Å². The van der Waals surface area contributed by atoms with E-state index in [1.165, 1.54) is 0 Å². The Labute approximate surface area is 150 Å². The second kappa shape index (κ2) is 8.11. The predicted molar refractivity (Wildman–Crippen MR) is 97.6 cm³/mol. The van der Waals surface area contributed by atoms with Crippen molar-refractivity contribution >= 4 is 27.9 Å². The minimum atomic E-state index is 0.0521. The van der Waals surface area contributed by atoms with Gasteiger partial charge >= 0.3 is 0 Å². The van der Waals surface area contributed by atoms with Gasteiger partial charge in [-0.2, -0.15) is 0 Å². The van der Waals surface area contributed by atoms with Crippen molar-refractivity contribution in [3.05, 3.63) is 64.8 Å². The predicted octanol–water partition coefficient (Wildman–Crippen LogP) is 3.93. The monoisotopic (exact) mass is 386 g/mol. The summed E-state index contributed by atoms with van der Waals surface area (Å²) >= 11 is 3.44. The molecule has 0 N–H and O–H groups in total. The highest BCUT2D eigenvalue weighted by atomic mass is 79.9. The van der Waals surface area contributed by atoms with Gasteiger partial charge in [0.1, 0.15) is 6.10 Å². The van der Waals surface area contributed by atoms with Crippen LogP contribution in [-0.4, -0.2) is 35.0 Å². The Morgan fingerprint density at radius 3 is 2.62 bits per heavy atom. The van der Waals surface area contributed by atoms with E-state index in [9.17, 15) is 4.79 Å². The molecule has 1 aliphatic heterocycles. The van der Waals surface area contributed by atoms with Gasteiger partial charge in [0, 0.05) is 38.2 Å². The zero-order valence-electron chi connectivity index (χ0n) is 13.3. The van der Waals surface area contributed by atoms with Crippen molar-refractivity contribution in [2.45, 2.75) is 18.9 Å².